The quantitative estimate of drug-likeness (QED) is 0.211. The van der Waals surface area contributed by atoms with E-state index in [0.717, 1.165) is 10.4 Å². The summed E-state index contributed by atoms with van der Waals surface area (Å²) in [6.45, 7) is 0. The zero-order valence-corrected chi connectivity index (χ0v) is 21.0. The molecule has 5 rings (SSSR count). The molecule has 0 fully saturated rings. The Morgan fingerprint density at radius 1 is 0.750 bits per heavy atom. The standard InChI is InChI=1S/C26H19BrClFNPS/c27-31(20-10-4-1-5-11-20,21-12-6-2-7-13-21,22-14-8-3-9-15-22)18-19-16-17-23-25(30-19)24(29)26(28)32-23/h1-17H,18H2. The average molecular weight is 543 g/mol. The van der Waals surface area contributed by atoms with Crippen molar-refractivity contribution < 1.29 is 4.39 Å². The Hall–Kier alpha value is -2.10. The van der Waals surface area contributed by atoms with Gasteiger partial charge in [-0.05, 0) is 0 Å². The van der Waals surface area contributed by atoms with E-state index in [1.807, 2.05) is 30.3 Å². The van der Waals surface area contributed by atoms with Crippen molar-refractivity contribution in [1.29, 1.82) is 0 Å². The molecular weight excluding hydrogens is 524 g/mol. The normalized spacial score (nSPS) is 13.0. The van der Waals surface area contributed by atoms with Crippen molar-refractivity contribution in [2.45, 2.75) is 6.16 Å². The minimum absolute atomic E-state index is 0.148. The van der Waals surface area contributed by atoms with E-state index in [1.54, 1.807) is 0 Å². The summed E-state index contributed by atoms with van der Waals surface area (Å²) in [4.78, 5) is 4.76. The minimum atomic E-state index is -3.18. The van der Waals surface area contributed by atoms with Crippen molar-refractivity contribution in [3.05, 3.63) is 119 Å². The van der Waals surface area contributed by atoms with Crippen molar-refractivity contribution >= 4 is 69.9 Å². The summed E-state index contributed by atoms with van der Waals surface area (Å²) >= 11 is 11.7. The maximum atomic E-state index is 14.7. The van der Waals surface area contributed by atoms with Gasteiger partial charge in [-0.2, -0.15) is 0 Å². The number of aromatic nitrogens is 1. The predicted octanol–water partition coefficient (Wildman–Crippen LogP) is 7.43. The first kappa shape index (κ1) is 21.7. The molecule has 5 aromatic rings. The molecule has 1 nitrogen and oxygen atoms in total. The molecule has 0 unspecified atom stereocenters. The molecule has 2 heterocycles. The van der Waals surface area contributed by atoms with E-state index in [2.05, 4.69) is 88.3 Å². The molecule has 0 spiro atoms. The second kappa shape index (κ2) is 8.35. The third-order valence-corrected chi connectivity index (χ3v) is 16.6. The van der Waals surface area contributed by atoms with Crippen molar-refractivity contribution in [1.82, 2.24) is 4.98 Å². The van der Waals surface area contributed by atoms with Gasteiger partial charge in [-0.25, -0.2) is 0 Å². The van der Waals surface area contributed by atoms with Gasteiger partial charge in [0.1, 0.15) is 0 Å². The molecular formula is C26H19BrClFNPS. The second-order valence-corrected chi connectivity index (χ2v) is 18.3. The first-order valence-electron chi connectivity index (χ1n) is 10.1. The SMILES string of the molecule is Fc1c(Cl)sc2ccc(CP(Br)(c3ccccc3)(c3ccccc3)c3ccccc3)nc12. The number of hydrogen-bond donors (Lipinski definition) is 0. The van der Waals surface area contributed by atoms with E-state index in [9.17, 15) is 4.39 Å². The number of nitrogens with zero attached hydrogens (tertiary/aromatic N) is 1. The molecule has 2 aromatic heterocycles. The molecule has 0 saturated heterocycles. The monoisotopic (exact) mass is 541 g/mol. The molecule has 3 aromatic carbocycles. The van der Waals surface area contributed by atoms with Gasteiger partial charge < -0.3 is 0 Å². The Kier molecular flexibility index (Phi) is 5.67. The number of fused-ring (bicyclic) bond motifs is 1. The van der Waals surface area contributed by atoms with Gasteiger partial charge in [0, 0.05) is 0 Å². The van der Waals surface area contributed by atoms with Gasteiger partial charge in [0.2, 0.25) is 0 Å². The van der Waals surface area contributed by atoms with Gasteiger partial charge in [-0.15, -0.1) is 0 Å². The van der Waals surface area contributed by atoms with E-state index in [-0.39, 0.29) is 4.34 Å². The Balaban J connectivity index is 1.83. The van der Waals surface area contributed by atoms with Crippen molar-refractivity contribution in [3.63, 3.8) is 0 Å². The number of hydrogen-bond acceptors (Lipinski definition) is 2. The van der Waals surface area contributed by atoms with Crippen LogP contribution in [0.3, 0.4) is 0 Å². The molecule has 0 N–H and O–H groups in total. The zero-order chi connectivity index (χ0) is 22.2. The van der Waals surface area contributed by atoms with Crippen LogP contribution in [0.1, 0.15) is 5.69 Å². The summed E-state index contributed by atoms with van der Waals surface area (Å²) in [6, 6.07) is 35.5. The molecule has 0 atom stereocenters. The second-order valence-electron chi connectivity index (χ2n) is 7.69. The van der Waals surface area contributed by atoms with Crippen LogP contribution in [0.15, 0.2) is 103 Å². The fraction of sp³-hybridized carbons (Fsp3) is 0.0385. The number of halogens is 3. The molecule has 32 heavy (non-hydrogen) atoms. The number of rotatable bonds is 5. The van der Waals surface area contributed by atoms with Crippen LogP contribution in [0, 0.1) is 5.82 Å². The predicted molar refractivity (Wildman–Crippen MR) is 142 cm³/mol. The van der Waals surface area contributed by atoms with Gasteiger partial charge in [0.25, 0.3) is 0 Å². The van der Waals surface area contributed by atoms with Gasteiger partial charge in [0.05, 0.1) is 0 Å². The van der Waals surface area contributed by atoms with Crippen LogP contribution in [-0.4, -0.2) is 4.98 Å². The Morgan fingerprint density at radius 2 is 1.22 bits per heavy atom. The van der Waals surface area contributed by atoms with Crippen LogP contribution in [0.4, 0.5) is 4.39 Å². The summed E-state index contributed by atoms with van der Waals surface area (Å²) in [5, 5.41) is 0.404. The van der Waals surface area contributed by atoms with E-state index in [1.165, 1.54) is 27.3 Å². The summed E-state index contributed by atoms with van der Waals surface area (Å²) in [5.41, 5.74) is 1.15. The first-order valence-corrected chi connectivity index (χ1v) is 15.8. The van der Waals surface area contributed by atoms with Crippen LogP contribution in [0.25, 0.3) is 10.2 Å². The molecule has 0 bridgehead atoms. The molecule has 0 radical (unpaired) electrons. The van der Waals surface area contributed by atoms with Crippen LogP contribution >= 0.6 is 43.7 Å². The Labute approximate surface area is 203 Å². The fourth-order valence-corrected chi connectivity index (χ4v) is 12.9. The third-order valence-electron chi connectivity index (χ3n) is 5.84. The summed E-state index contributed by atoms with van der Waals surface area (Å²) in [7, 11) is 0. The van der Waals surface area contributed by atoms with Crippen LogP contribution in [-0.2, 0) is 6.16 Å². The summed E-state index contributed by atoms with van der Waals surface area (Å²) in [5.74, 6) is -0.442. The molecule has 0 aliphatic heterocycles. The number of thiophene rings is 1. The topological polar surface area (TPSA) is 12.9 Å². The zero-order valence-electron chi connectivity index (χ0n) is 17.0. The molecule has 0 saturated carbocycles. The summed E-state index contributed by atoms with van der Waals surface area (Å²) in [6.07, 6.45) is 0.604. The third kappa shape index (κ3) is 3.41. The van der Waals surface area contributed by atoms with Crippen molar-refractivity contribution in [2.75, 3.05) is 0 Å². The van der Waals surface area contributed by atoms with Gasteiger partial charge in [0.15, 0.2) is 0 Å². The van der Waals surface area contributed by atoms with E-state index < -0.39 is 11.1 Å². The first-order chi connectivity index (χ1) is 15.5. The van der Waals surface area contributed by atoms with Gasteiger partial charge >= 0.3 is 204 Å². The average Bonchev–Trinajstić information content (AvgIpc) is 3.14. The molecule has 0 amide bonds. The molecule has 0 aliphatic rings. The Morgan fingerprint density at radius 3 is 1.69 bits per heavy atom. The summed E-state index contributed by atoms with van der Waals surface area (Å²) < 4.78 is 15.6. The van der Waals surface area contributed by atoms with Crippen molar-refractivity contribution in [3.8, 4) is 0 Å². The van der Waals surface area contributed by atoms with Crippen LogP contribution in [0.2, 0.25) is 4.34 Å². The van der Waals surface area contributed by atoms with E-state index in [0.29, 0.717) is 11.7 Å². The van der Waals surface area contributed by atoms with Crippen molar-refractivity contribution in [2.24, 2.45) is 0 Å². The van der Waals surface area contributed by atoms with E-state index >= 15 is 0 Å². The molecule has 6 heteroatoms. The van der Waals surface area contributed by atoms with Gasteiger partial charge in [-0.1, -0.05) is 0 Å². The number of pyridine rings is 1. The van der Waals surface area contributed by atoms with Crippen LogP contribution in [0.5, 0.6) is 0 Å². The Bertz CT molecular complexity index is 1290. The van der Waals surface area contributed by atoms with Crippen LogP contribution < -0.4 is 15.9 Å². The fourth-order valence-electron chi connectivity index (χ4n) is 4.29. The molecule has 0 aliphatic carbocycles. The van der Waals surface area contributed by atoms with E-state index in [4.69, 9.17) is 16.6 Å². The number of benzene rings is 3. The van der Waals surface area contributed by atoms with Gasteiger partial charge in [-0.3, -0.25) is 0 Å². The molecule has 160 valence electrons. The maximum absolute atomic E-state index is 14.7.